The topological polar surface area (TPSA) is 23.6 Å². The monoisotopic (exact) mass is 314 g/mol. The van der Waals surface area contributed by atoms with Crippen LogP contribution in [0.15, 0.2) is 47.8 Å². The highest BCUT2D eigenvalue weighted by atomic mass is 32.1. The maximum absolute atomic E-state index is 12.2. The largest absolute Gasteiger partial charge is 0.294 e. The zero-order chi connectivity index (χ0) is 15.4. The summed E-state index contributed by atoms with van der Waals surface area (Å²) in [5.74, 6) is 0.250. The van der Waals surface area contributed by atoms with Gasteiger partial charge in [-0.3, -0.25) is 14.6 Å². The van der Waals surface area contributed by atoms with Gasteiger partial charge in [-0.25, -0.2) is 0 Å². The number of nitrogens with zero attached hydrogens (tertiary/aromatic N) is 2. The molecule has 1 aliphatic rings. The number of rotatable bonds is 5. The van der Waals surface area contributed by atoms with Crippen LogP contribution in [0.4, 0.5) is 0 Å². The van der Waals surface area contributed by atoms with Crippen molar-refractivity contribution in [3.05, 3.63) is 58.3 Å². The number of hydrogen-bond donors (Lipinski definition) is 0. The fourth-order valence-corrected chi connectivity index (χ4v) is 3.63. The molecule has 116 valence electrons. The Morgan fingerprint density at radius 3 is 2.45 bits per heavy atom. The average Bonchev–Trinajstić information content (AvgIpc) is 3.10. The smallest absolute Gasteiger partial charge is 0.186 e. The number of hydrogen-bond acceptors (Lipinski definition) is 4. The molecule has 0 N–H and O–H groups in total. The highest BCUT2D eigenvalue weighted by molar-refractivity contribution is 7.12. The molecule has 1 aliphatic heterocycles. The van der Waals surface area contributed by atoms with Crippen LogP contribution >= 0.6 is 11.3 Å². The first-order valence-corrected chi connectivity index (χ1v) is 8.70. The van der Waals surface area contributed by atoms with E-state index in [0.29, 0.717) is 12.6 Å². The third-order valence-corrected chi connectivity index (χ3v) is 5.31. The fraction of sp³-hybridized carbons (Fsp3) is 0.389. The summed E-state index contributed by atoms with van der Waals surface area (Å²) < 4.78 is 0. The van der Waals surface area contributed by atoms with E-state index in [0.717, 1.165) is 31.1 Å². The Bertz CT molecular complexity index is 589. The Morgan fingerprint density at radius 2 is 1.82 bits per heavy atom. The average molecular weight is 314 g/mol. The molecule has 1 atom stereocenters. The molecule has 0 spiro atoms. The Hall–Kier alpha value is -1.49. The summed E-state index contributed by atoms with van der Waals surface area (Å²) in [6.45, 7) is 6.79. The third kappa shape index (κ3) is 3.64. The normalized spacial score (nSPS) is 18.2. The molecule has 3 nitrogen and oxygen atoms in total. The van der Waals surface area contributed by atoms with Crippen LogP contribution in [0.25, 0.3) is 0 Å². The maximum atomic E-state index is 12.2. The standard InChI is InChI=1S/C18H22N2OS/c1-15(16-6-3-2-4-7-16)20-11-9-19(10-12-20)14-17(21)18-8-5-13-22-18/h2-8,13,15H,9-12,14H2,1H3. The third-order valence-electron chi connectivity index (χ3n) is 4.40. The van der Waals surface area contributed by atoms with Gasteiger partial charge >= 0.3 is 0 Å². The zero-order valence-corrected chi connectivity index (χ0v) is 13.8. The molecule has 1 aromatic carbocycles. The minimum atomic E-state index is 0.250. The quantitative estimate of drug-likeness (QED) is 0.791. The lowest BCUT2D eigenvalue weighted by molar-refractivity contribution is 0.0791. The van der Waals surface area contributed by atoms with Gasteiger partial charge < -0.3 is 0 Å². The molecule has 1 fully saturated rings. The van der Waals surface area contributed by atoms with Crippen LogP contribution in [0.3, 0.4) is 0 Å². The van der Waals surface area contributed by atoms with Crippen LogP contribution in [-0.2, 0) is 0 Å². The second-order valence-electron chi connectivity index (χ2n) is 5.80. The van der Waals surface area contributed by atoms with E-state index in [2.05, 4.69) is 47.1 Å². The molecule has 3 rings (SSSR count). The predicted octanol–water partition coefficient (Wildman–Crippen LogP) is 3.31. The first kappa shape index (κ1) is 15.4. The summed E-state index contributed by atoms with van der Waals surface area (Å²) in [6, 6.07) is 14.9. The van der Waals surface area contributed by atoms with E-state index in [9.17, 15) is 4.79 Å². The first-order chi connectivity index (χ1) is 10.7. The Morgan fingerprint density at radius 1 is 1.09 bits per heavy atom. The van der Waals surface area contributed by atoms with E-state index in [1.54, 1.807) is 0 Å². The summed E-state index contributed by atoms with van der Waals surface area (Å²) >= 11 is 1.54. The van der Waals surface area contributed by atoms with Crippen LogP contribution in [-0.4, -0.2) is 48.3 Å². The summed E-state index contributed by atoms with van der Waals surface area (Å²) in [5, 5.41) is 1.96. The van der Waals surface area contributed by atoms with Gasteiger partial charge in [0.2, 0.25) is 0 Å². The number of piperazine rings is 1. The van der Waals surface area contributed by atoms with Crippen molar-refractivity contribution in [1.29, 1.82) is 0 Å². The Balaban J connectivity index is 1.51. The van der Waals surface area contributed by atoms with Gasteiger partial charge in [0.25, 0.3) is 0 Å². The van der Waals surface area contributed by atoms with E-state index in [1.165, 1.54) is 16.9 Å². The first-order valence-electron chi connectivity index (χ1n) is 7.82. The molecular weight excluding hydrogens is 292 g/mol. The number of carbonyl (C=O) groups is 1. The van der Waals surface area contributed by atoms with Gasteiger partial charge in [0.1, 0.15) is 0 Å². The van der Waals surface area contributed by atoms with Crippen molar-refractivity contribution in [2.45, 2.75) is 13.0 Å². The lowest BCUT2D eigenvalue weighted by atomic mass is 10.1. The second-order valence-corrected chi connectivity index (χ2v) is 6.75. The SMILES string of the molecule is CC(c1ccccc1)N1CCN(CC(=O)c2cccs2)CC1. The van der Waals surface area contributed by atoms with Crippen LogP contribution in [0.5, 0.6) is 0 Å². The van der Waals surface area contributed by atoms with Gasteiger partial charge in [-0.15, -0.1) is 11.3 Å². The van der Waals surface area contributed by atoms with Gasteiger partial charge in [0.15, 0.2) is 5.78 Å². The van der Waals surface area contributed by atoms with Crippen LogP contribution in [0.2, 0.25) is 0 Å². The molecule has 0 saturated carbocycles. The minimum Gasteiger partial charge on any atom is -0.294 e. The molecule has 0 bridgehead atoms. The molecule has 22 heavy (non-hydrogen) atoms. The lowest BCUT2D eigenvalue weighted by Crippen LogP contribution is -2.48. The number of carbonyl (C=O) groups excluding carboxylic acids is 1. The fourth-order valence-electron chi connectivity index (χ4n) is 2.97. The molecule has 0 amide bonds. The zero-order valence-electron chi connectivity index (χ0n) is 12.9. The van der Waals surface area contributed by atoms with Crippen molar-refractivity contribution in [2.75, 3.05) is 32.7 Å². The molecular formula is C18H22N2OS. The van der Waals surface area contributed by atoms with E-state index < -0.39 is 0 Å². The molecule has 2 heterocycles. The van der Waals surface area contributed by atoms with Crippen LogP contribution in [0, 0.1) is 0 Å². The lowest BCUT2D eigenvalue weighted by Gasteiger charge is -2.37. The van der Waals surface area contributed by atoms with Crippen molar-refractivity contribution in [3.63, 3.8) is 0 Å². The van der Waals surface area contributed by atoms with Crippen molar-refractivity contribution in [3.8, 4) is 0 Å². The Labute approximate surface area is 136 Å². The van der Waals surface area contributed by atoms with Crippen molar-refractivity contribution >= 4 is 17.1 Å². The second kappa shape index (κ2) is 7.18. The molecule has 2 aromatic rings. The van der Waals surface area contributed by atoms with E-state index in [1.807, 2.05) is 17.5 Å². The van der Waals surface area contributed by atoms with Crippen molar-refractivity contribution in [2.24, 2.45) is 0 Å². The number of ketones is 1. The summed E-state index contributed by atoms with van der Waals surface area (Å²) in [5.41, 5.74) is 1.37. The van der Waals surface area contributed by atoms with E-state index >= 15 is 0 Å². The highest BCUT2D eigenvalue weighted by Crippen LogP contribution is 2.21. The maximum Gasteiger partial charge on any atom is 0.186 e. The van der Waals surface area contributed by atoms with Crippen molar-refractivity contribution < 1.29 is 4.79 Å². The summed E-state index contributed by atoms with van der Waals surface area (Å²) in [4.78, 5) is 17.8. The highest BCUT2D eigenvalue weighted by Gasteiger charge is 2.23. The van der Waals surface area contributed by atoms with Gasteiger partial charge in [-0.2, -0.15) is 0 Å². The summed E-state index contributed by atoms with van der Waals surface area (Å²) in [6.07, 6.45) is 0. The number of thiophene rings is 1. The number of benzene rings is 1. The van der Waals surface area contributed by atoms with Crippen LogP contribution in [0.1, 0.15) is 28.2 Å². The van der Waals surface area contributed by atoms with E-state index in [-0.39, 0.29) is 5.78 Å². The number of Topliss-reactive ketones (excluding diaryl/α,β-unsaturated/α-hetero) is 1. The Kier molecular flexibility index (Phi) is 5.03. The van der Waals surface area contributed by atoms with Gasteiger partial charge in [0.05, 0.1) is 11.4 Å². The van der Waals surface area contributed by atoms with Crippen molar-refractivity contribution in [1.82, 2.24) is 9.80 Å². The molecule has 1 unspecified atom stereocenters. The molecule has 4 heteroatoms. The van der Waals surface area contributed by atoms with Gasteiger partial charge in [-0.1, -0.05) is 36.4 Å². The predicted molar refractivity (Wildman–Crippen MR) is 91.5 cm³/mol. The van der Waals surface area contributed by atoms with Gasteiger partial charge in [0, 0.05) is 32.2 Å². The molecule has 0 radical (unpaired) electrons. The van der Waals surface area contributed by atoms with Gasteiger partial charge in [-0.05, 0) is 23.9 Å². The molecule has 0 aliphatic carbocycles. The van der Waals surface area contributed by atoms with E-state index in [4.69, 9.17) is 0 Å². The van der Waals surface area contributed by atoms with Crippen LogP contribution < -0.4 is 0 Å². The molecule has 1 aromatic heterocycles. The minimum absolute atomic E-state index is 0.250. The molecule has 1 saturated heterocycles. The summed E-state index contributed by atoms with van der Waals surface area (Å²) in [7, 11) is 0.